The molecule has 0 unspecified atom stereocenters. The van der Waals surface area contributed by atoms with Crippen molar-refractivity contribution in [3.63, 3.8) is 0 Å². The third-order valence-electron chi connectivity index (χ3n) is 4.30. The highest BCUT2D eigenvalue weighted by Crippen LogP contribution is 2.40. The molecule has 0 spiro atoms. The number of rotatable bonds is 3. The standard InChI is InChI=1S/C18H24N4O3/c1-18(2,3)22-11-19-16(20-22)17(23)21-8-6-7-12-9-13(24-4)10-14(25-5)15(12)21/h9-11H,6-8H2,1-5H3. The minimum Gasteiger partial charge on any atom is -0.497 e. The van der Waals surface area contributed by atoms with E-state index >= 15 is 0 Å². The molecule has 3 rings (SSSR count). The Balaban J connectivity index is 2.00. The Kier molecular flexibility index (Phi) is 4.41. The molecule has 1 aromatic heterocycles. The highest BCUT2D eigenvalue weighted by Gasteiger charge is 2.30. The van der Waals surface area contributed by atoms with Gasteiger partial charge in [-0.05, 0) is 45.2 Å². The van der Waals surface area contributed by atoms with Crippen molar-refractivity contribution < 1.29 is 14.3 Å². The van der Waals surface area contributed by atoms with E-state index in [-0.39, 0.29) is 17.3 Å². The SMILES string of the molecule is COc1cc2c(c(OC)c1)N(C(=O)c1ncn(C(C)(C)C)n1)CCC2. The zero-order chi connectivity index (χ0) is 18.2. The number of ether oxygens (including phenoxy) is 2. The molecule has 0 radical (unpaired) electrons. The van der Waals surface area contributed by atoms with Crippen LogP contribution in [0, 0.1) is 0 Å². The van der Waals surface area contributed by atoms with E-state index in [1.807, 2.05) is 26.8 Å². The van der Waals surface area contributed by atoms with Crippen LogP contribution in [-0.4, -0.2) is 41.4 Å². The molecule has 0 saturated heterocycles. The van der Waals surface area contributed by atoms with E-state index in [2.05, 4.69) is 10.1 Å². The molecule has 2 heterocycles. The summed E-state index contributed by atoms with van der Waals surface area (Å²) in [6.45, 7) is 6.66. The zero-order valence-corrected chi connectivity index (χ0v) is 15.4. The Bertz CT molecular complexity index is 775. The Hall–Kier alpha value is -2.57. The number of methoxy groups -OCH3 is 2. The Labute approximate surface area is 147 Å². The molecule has 0 bridgehead atoms. The molecule has 0 fully saturated rings. The number of anilines is 1. The zero-order valence-electron chi connectivity index (χ0n) is 15.4. The molecule has 2 aromatic rings. The monoisotopic (exact) mass is 344 g/mol. The summed E-state index contributed by atoms with van der Waals surface area (Å²) in [7, 11) is 3.22. The van der Waals surface area contributed by atoms with E-state index in [0.29, 0.717) is 12.3 Å². The van der Waals surface area contributed by atoms with Crippen molar-refractivity contribution >= 4 is 11.6 Å². The molecule has 1 aromatic carbocycles. The number of carbonyl (C=O) groups excluding carboxylic acids is 1. The van der Waals surface area contributed by atoms with E-state index in [9.17, 15) is 4.79 Å². The van der Waals surface area contributed by atoms with Crippen LogP contribution in [0.2, 0.25) is 0 Å². The van der Waals surface area contributed by atoms with Crippen molar-refractivity contribution in [2.75, 3.05) is 25.7 Å². The topological polar surface area (TPSA) is 69.5 Å². The summed E-state index contributed by atoms with van der Waals surface area (Å²) in [6.07, 6.45) is 3.34. The fourth-order valence-corrected chi connectivity index (χ4v) is 2.96. The number of amides is 1. The highest BCUT2D eigenvalue weighted by atomic mass is 16.5. The average molecular weight is 344 g/mol. The van der Waals surface area contributed by atoms with Crippen LogP contribution in [0.1, 0.15) is 43.4 Å². The smallest absolute Gasteiger partial charge is 0.298 e. The van der Waals surface area contributed by atoms with Crippen LogP contribution < -0.4 is 14.4 Å². The summed E-state index contributed by atoms with van der Waals surface area (Å²) in [5.41, 5.74) is 1.59. The predicted molar refractivity (Wildman–Crippen MR) is 94.6 cm³/mol. The Morgan fingerprint density at radius 1 is 1.20 bits per heavy atom. The van der Waals surface area contributed by atoms with Gasteiger partial charge in [0.1, 0.15) is 17.8 Å². The van der Waals surface area contributed by atoms with Gasteiger partial charge < -0.3 is 14.4 Å². The summed E-state index contributed by atoms with van der Waals surface area (Å²) in [6, 6.07) is 3.75. The fourth-order valence-electron chi connectivity index (χ4n) is 2.96. The first-order valence-corrected chi connectivity index (χ1v) is 8.34. The first-order valence-electron chi connectivity index (χ1n) is 8.34. The lowest BCUT2D eigenvalue weighted by molar-refractivity contribution is 0.0973. The van der Waals surface area contributed by atoms with Crippen molar-refractivity contribution in [3.8, 4) is 11.5 Å². The Morgan fingerprint density at radius 3 is 2.56 bits per heavy atom. The number of hydrogen-bond donors (Lipinski definition) is 0. The highest BCUT2D eigenvalue weighted by molar-refractivity contribution is 6.05. The van der Waals surface area contributed by atoms with Crippen molar-refractivity contribution in [1.82, 2.24) is 14.8 Å². The second-order valence-corrected chi connectivity index (χ2v) is 7.08. The summed E-state index contributed by atoms with van der Waals surface area (Å²) in [4.78, 5) is 18.9. The van der Waals surface area contributed by atoms with E-state index in [1.54, 1.807) is 36.2 Å². The molecule has 1 aliphatic heterocycles. The predicted octanol–water partition coefficient (Wildman–Crippen LogP) is 2.64. The summed E-state index contributed by atoms with van der Waals surface area (Å²) in [5, 5.41) is 4.37. The lowest BCUT2D eigenvalue weighted by atomic mass is 10.00. The van der Waals surface area contributed by atoms with Gasteiger partial charge in [-0.2, -0.15) is 0 Å². The van der Waals surface area contributed by atoms with Crippen LogP contribution in [0.4, 0.5) is 5.69 Å². The fraction of sp³-hybridized carbons (Fsp3) is 0.500. The molecule has 1 aliphatic rings. The summed E-state index contributed by atoms with van der Waals surface area (Å²) >= 11 is 0. The molecule has 25 heavy (non-hydrogen) atoms. The minimum atomic E-state index is -0.226. The number of benzene rings is 1. The van der Waals surface area contributed by atoms with E-state index in [1.165, 1.54) is 0 Å². The van der Waals surface area contributed by atoms with Crippen molar-refractivity contribution in [2.45, 2.75) is 39.2 Å². The average Bonchev–Trinajstić information content (AvgIpc) is 3.10. The van der Waals surface area contributed by atoms with E-state index < -0.39 is 0 Å². The third kappa shape index (κ3) is 3.18. The number of aryl methyl sites for hydroxylation is 1. The maximum atomic E-state index is 13.0. The number of nitrogens with zero attached hydrogens (tertiary/aromatic N) is 4. The third-order valence-corrected chi connectivity index (χ3v) is 4.30. The van der Waals surface area contributed by atoms with Gasteiger partial charge in [0, 0.05) is 12.6 Å². The molecule has 0 saturated carbocycles. The van der Waals surface area contributed by atoms with Gasteiger partial charge >= 0.3 is 0 Å². The quantitative estimate of drug-likeness (QED) is 0.856. The van der Waals surface area contributed by atoms with Crippen LogP contribution in [0.15, 0.2) is 18.5 Å². The summed E-state index contributed by atoms with van der Waals surface area (Å²) in [5.74, 6) is 1.32. The van der Waals surface area contributed by atoms with Gasteiger partial charge in [-0.25, -0.2) is 9.67 Å². The van der Waals surface area contributed by atoms with Gasteiger partial charge in [0.25, 0.3) is 5.91 Å². The molecule has 1 amide bonds. The first-order chi connectivity index (χ1) is 11.8. The van der Waals surface area contributed by atoms with Crippen LogP contribution >= 0.6 is 0 Å². The van der Waals surface area contributed by atoms with Crippen molar-refractivity contribution in [3.05, 3.63) is 29.8 Å². The number of carbonyl (C=O) groups is 1. The Morgan fingerprint density at radius 2 is 1.96 bits per heavy atom. The van der Waals surface area contributed by atoms with Crippen LogP contribution in [-0.2, 0) is 12.0 Å². The molecule has 7 heteroatoms. The summed E-state index contributed by atoms with van der Waals surface area (Å²) < 4.78 is 12.5. The van der Waals surface area contributed by atoms with Crippen molar-refractivity contribution in [1.29, 1.82) is 0 Å². The minimum absolute atomic E-state index is 0.195. The van der Waals surface area contributed by atoms with Gasteiger partial charge in [-0.15, -0.1) is 5.10 Å². The van der Waals surface area contributed by atoms with E-state index in [0.717, 1.165) is 29.8 Å². The second-order valence-electron chi connectivity index (χ2n) is 7.08. The lowest BCUT2D eigenvalue weighted by Gasteiger charge is -2.30. The second kappa shape index (κ2) is 6.38. The van der Waals surface area contributed by atoms with Crippen LogP contribution in [0.25, 0.3) is 0 Å². The van der Waals surface area contributed by atoms with Gasteiger partial charge in [-0.1, -0.05) is 0 Å². The number of fused-ring (bicyclic) bond motifs is 1. The van der Waals surface area contributed by atoms with Gasteiger partial charge in [0.05, 0.1) is 25.4 Å². The molecule has 7 nitrogen and oxygen atoms in total. The van der Waals surface area contributed by atoms with E-state index in [4.69, 9.17) is 9.47 Å². The molecule has 134 valence electrons. The first kappa shape index (κ1) is 17.3. The maximum Gasteiger partial charge on any atom is 0.298 e. The largest absolute Gasteiger partial charge is 0.497 e. The number of hydrogen-bond acceptors (Lipinski definition) is 5. The molecule has 0 N–H and O–H groups in total. The maximum absolute atomic E-state index is 13.0. The molecule has 0 aliphatic carbocycles. The van der Waals surface area contributed by atoms with Gasteiger partial charge in [-0.3, -0.25) is 4.79 Å². The van der Waals surface area contributed by atoms with Crippen LogP contribution in [0.5, 0.6) is 11.5 Å². The normalized spacial score (nSPS) is 14.2. The molecular weight excluding hydrogens is 320 g/mol. The van der Waals surface area contributed by atoms with Crippen molar-refractivity contribution in [2.24, 2.45) is 0 Å². The van der Waals surface area contributed by atoms with Gasteiger partial charge in [0.2, 0.25) is 5.82 Å². The molecule has 0 atom stereocenters. The lowest BCUT2D eigenvalue weighted by Crippen LogP contribution is -2.36. The number of aromatic nitrogens is 3. The molecular formula is C18H24N4O3. The van der Waals surface area contributed by atoms with Crippen LogP contribution in [0.3, 0.4) is 0 Å². The van der Waals surface area contributed by atoms with Gasteiger partial charge in [0.15, 0.2) is 0 Å².